The van der Waals surface area contributed by atoms with Gasteiger partial charge >= 0.3 is 0 Å². The Morgan fingerprint density at radius 2 is 0.852 bits per heavy atom. The minimum absolute atomic E-state index is 0.166. The second-order valence-corrected chi connectivity index (χ2v) is 16.4. The molecule has 0 fully saturated rings. The Morgan fingerprint density at radius 1 is 0.311 bits per heavy atom. The van der Waals surface area contributed by atoms with Crippen molar-refractivity contribution in [3.8, 4) is 33.4 Å². The fraction of sp³-hybridized carbons (Fsp3) is 0.0333. The fourth-order valence-electron chi connectivity index (χ4n) is 10.5. The van der Waals surface area contributed by atoms with Crippen molar-refractivity contribution in [2.45, 2.75) is 11.3 Å². The van der Waals surface area contributed by atoms with E-state index >= 15 is 0 Å². The summed E-state index contributed by atoms with van der Waals surface area (Å²) in [5.74, 6) is 0.166. The molecule has 1 atom stereocenters. The lowest BCUT2D eigenvalue weighted by atomic mass is 9.67. The zero-order chi connectivity index (χ0) is 40.3. The van der Waals surface area contributed by atoms with E-state index in [0.29, 0.717) is 0 Å². The first-order valence-corrected chi connectivity index (χ1v) is 21.3. The van der Waals surface area contributed by atoms with Gasteiger partial charge in [0.05, 0.1) is 5.41 Å². The number of hydrogen-bond acceptors (Lipinski definition) is 1. The number of benzene rings is 10. The van der Waals surface area contributed by atoms with E-state index in [1.54, 1.807) is 0 Å². The number of nitrogens with zero attached hydrogens (tertiary/aromatic N) is 1. The fourth-order valence-corrected chi connectivity index (χ4v) is 10.5. The maximum Gasteiger partial charge on any atom is 0.0714 e. The molecule has 0 aliphatic heterocycles. The van der Waals surface area contributed by atoms with Crippen LogP contribution in [0, 0.1) is 0 Å². The van der Waals surface area contributed by atoms with Crippen molar-refractivity contribution in [3.63, 3.8) is 0 Å². The van der Waals surface area contributed by atoms with Crippen LogP contribution < -0.4 is 4.90 Å². The average molecular weight is 776 g/mol. The number of rotatable bonds is 7. The summed E-state index contributed by atoms with van der Waals surface area (Å²) in [7, 11) is 0. The number of fused-ring (bicyclic) bond motifs is 7. The molecule has 0 heterocycles. The lowest BCUT2D eigenvalue weighted by Crippen LogP contribution is -2.28. The summed E-state index contributed by atoms with van der Waals surface area (Å²) in [5.41, 5.74) is 19.6. The first-order chi connectivity index (χ1) is 30.3. The van der Waals surface area contributed by atoms with Gasteiger partial charge < -0.3 is 4.90 Å². The van der Waals surface area contributed by atoms with E-state index in [2.05, 4.69) is 248 Å². The highest BCUT2D eigenvalue weighted by atomic mass is 15.1. The van der Waals surface area contributed by atoms with Gasteiger partial charge in [-0.2, -0.15) is 0 Å². The van der Waals surface area contributed by atoms with Gasteiger partial charge in [-0.3, -0.25) is 0 Å². The van der Waals surface area contributed by atoms with Crippen molar-refractivity contribution in [3.05, 3.63) is 282 Å². The van der Waals surface area contributed by atoms with Crippen LogP contribution in [0.25, 0.3) is 44.2 Å². The molecule has 0 bridgehead atoms. The monoisotopic (exact) mass is 775 g/mol. The molecular weight excluding hydrogens is 735 g/mol. The van der Waals surface area contributed by atoms with Crippen LogP contribution in [0.3, 0.4) is 0 Å². The normalized spacial score (nSPS) is 14.2. The van der Waals surface area contributed by atoms with Crippen molar-refractivity contribution in [2.75, 3.05) is 4.90 Å². The molecule has 1 heteroatoms. The zero-order valence-electron chi connectivity index (χ0n) is 33.6. The van der Waals surface area contributed by atoms with E-state index in [4.69, 9.17) is 0 Å². The molecule has 12 rings (SSSR count). The van der Waals surface area contributed by atoms with E-state index < -0.39 is 5.41 Å². The maximum atomic E-state index is 2.48. The Bertz CT molecular complexity index is 3200. The Hall–Kier alpha value is -7.74. The second-order valence-electron chi connectivity index (χ2n) is 16.4. The molecule has 61 heavy (non-hydrogen) atoms. The summed E-state index contributed by atoms with van der Waals surface area (Å²) in [6, 6.07) is 89.9. The molecule has 0 amide bonds. The van der Waals surface area contributed by atoms with Gasteiger partial charge in [0, 0.05) is 23.0 Å². The van der Waals surface area contributed by atoms with Crippen molar-refractivity contribution in [2.24, 2.45) is 0 Å². The van der Waals surface area contributed by atoms with E-state index in [9.17, 15) is 0 Å². The highest BCUT2D eigenvalue weighted by molar-refractivity contribution is 5.97. The van der Waals surface area contributed by atoms with Crippen molar-refractivity contribution in [1.29, 1.82) is 0 Å². The maximum absolute atomic E-state index is 2.48. The summed E-state index contributed by atoms with van der Waals surface area (Å²) < 4.78 is 0. The first-order valence-electron chi connectivity index (χ1n) is 21.3. The van der Waals surface area contributed by atoms with E-state index in [0.717, 1.165) is 17.1 Å². The molecule has 1 nitrogen and oxygen atoms in total. The third kappa shape index (κ3) is 5.55. The van der Waals surface area contributed by atoms with Crippen LogP contribution in [0.2, 0.25) is 0 Å². The van der Waals surface area contributed by atoms with E-state index in [-0.39, 0.29) is 5.92 Å². The van der Waals surface area contributed by atoms with Gasteiger partial charge in [0.15, 0.2) is 0 Å². The number of para-hydroxylation sites is 1. The smallest absolute Gasteiger partial charge is 0.0714 e. The molecule has 0 N–H and O–H groups in total. The number of anilines is 3. The number of hydrogen-bond donors (Lipinski definition) is 0. The predicted molar refractivity (Wildman–Crippen MR) is 254 cm³/mol. The van der Waals surface area contributed by atoms with Gasteiger partial charge in [-0.15, -0.1) is 0 Å². The van der Waals surface area contributed by atoms with Crippen molar-refractivity contribution in [1.82, 2.24) is 0 Å². The van der Waals surface area contributed by atoms with Gasteiger partial charge in [0.1, 0.15) is 0 Å². The summed E-state index contributed by atoms with van der Waals surface area (Å²) in [4.78, 5) is 2.42. The molecule has 0 aromatic heterocycles. The highest BCUT2D eigenvalue weighted by Crippen LogP contribution is 2.58. The van der Waals surface area contributed by atoms with Crippen LogP contribution in [-0.2, 0) is 5.41 Å². The largest absolute Gasteiger partial charge is 0.310 e. The minimum Gasteiger partial charge on any atom is -0.310 e. The SMILES string of the molecule is c1ccc(C2c3ccccc3-c3ccc(N(c4ccccc4)c4cccc(-c5ccc6c(c5)C(c5ccccc5)(c5ccccc5)c5cc7ccccc7cc5-6)c4)cc32)cc1. The minimum atomic E-state index is -0.502. The quantitative estimate of drug-likeness (QED) is 0.156. The van der Waals surface area contributed by atoms with Crippen LogP contribution in [0.15, 0.2) is 243 Å². The van der Waals surface area contributed by atoms with E-state index in [1.165, 1.54) is 83.1 Å². The van der Waals surface area contributed by atoms with Crippen molar-refractivity contribution < 1.29 is 0 Å². The Balaban J connectivity index is 1.03. The summed E-state index contributed by atoms with van der Waals surface area (Å²) in [6.07, 6.45) is 0. The summed E-state index contributed by atoms with van der Waals surface area (Å²) in [6.45, 7) is 0. The topological polar surface area (TPSA) is 3.24 Å². The standard InChI is InChI=1S/C60H41N/c1-5-18-41(19-6-1)59-54-31-16-15-30-51(54)52-35-33-50(40-56(52)59)61(48-27-11-4-12-28-48)49-29-17-22-42(36-49)45-32-34-53-55-37-43-20-13-14-21-44(43)38-58(55)60(57(53)39-45,46-23-7-2-8-24-46)47-25-9-3-10-26-47/h1-40,59H. The summed E-state index contributed by atoms with van der Waals surface area (Å²) >= 11 is 0. The molecule has 10 aromatic carbocycles. The van der Waals surface area contributed by atoms with Crippen LogP contribution in [0.5, 0.6) is 0 Å². The molecule has 0 saturated carbocycles. The van der Waals surface area contributed by atoms with Crippen LogP contribution in [0.4, 0.5) is 17.1 Å². The summed E-state index contributed by atoms with van der Waals surface area (Å²) in [5, 5.41) is 2.51. The van der Waals surface area contributed by atoms with Crippen molar-refractivity contribution >= 4 is 27.8 Å². The van der Waals surface area contributed by atoms with Gasteiger partial charge in [-0.1, -0.05) is 188 Å². The molecule has 2 aliphatic carbocycles. The molecule has 1 unspecified atom stereocenters. The molecule has 0 saturated heterocycles. The van der Waals surface area contributed by atoms with Gasteiger partial charge in [-0.25, -0.2) is 0 Å². The average Bonchev–Trinajstić information content (AvgIpc) is 3.81. The molecule has 10 aromatic rings. The zero-order valence-corrected chi connectivity index (χ0v) is 33.6. The second kappa shape index (κ2) is 14.2. The van der Waals surface area contributed by atoms with E-state index in [1.807, 2.05) is 0 Å². The van der Waals surface area contributed by atoms with Gasteiger partial charge in [-0.05, 0) is 138 Å². The van der Waals surface area contributed by atoms with Crippen LogP contribution >= 0.6 is 0 Å². The lowest BCUT2D eigenvalue weighted by molar-refractivity contribution is 0.770. The molecule has 286 valence electrons. The third-order valence-corrected chi connectivity index (χ3v) is 13.2. The molecule has 0 radical (unpaired) electrons. The van der Waals surface area contributed by atoms with Gasteiger partial charge in [0.25, 0.3) is 0 Å². The predicted octanol–water partition coefficient (Wildman–Crippen LogP) is 15.5. The third-order valence-electron chi connectivity index (χ3n) is 13.2. The van der Waals surface area contributed by atoms with Crippen LogP contribution in [0.1, 0.15) is 44.9 Å². The Labute approximate surface area is 357 Å². The molecular formula is C60H41N. The molecule has 2 aliphatic rings. The Kier molecular flexibility index (Phi) is 8.21. The van der Waals surface area contributed by atoms with Gasteiger partial charge in [0.2, 0.25) is 0 Å². The first kappa shape index (κ1) is 35.2. The Morgan fingerprint density at radius 3 is 1.59 bits per heavy atom. The highest BCUT2D eigenvalue weighted by Gasteiger charge is 2.46. The van der Waals surface area contributed by atoms with Crippen LogP contribution in [-0.4, -0.2) is 0 Å². The lowest BCUT2D eigenvalue weighted by Gasteiger charge is -2.34. The molecule has 0 spiro atoms.